The van der Waals surface area contributed by atoms with Crippen LogP contribution in [-0.4, -0.2) is 5.91 Å². The Morgan fingerprint density at radius 1 is 1.10 bits per heavy atom. The predicted molar refractivity (Wildman–Crippen MR) is 73.5 cm³/mol. The molecule has 0 saturated carbocycles. The number of benzene rings is 2. The fourth-order valence-electron chi connectivity index (χ4n) is 1.67. The zero-order valence-electron chi connectivity index (χ0n) is 10.4. The van der Waals surface area contributed by atoms with E-state index in [2.05, 4.69) is 10.7 Å². The number of halogens is 4. The van der Waals surface area contributed by atoms with Gasteiger partial charge in [-0.15, -0.1) is 0 Å². The summed E-state index contributed by atoms with van der Waals surface area (Å²) >= 11 is 5.76. The number of hydrogen-bond acceptors (Lipinski definition) is 3. The molecule has 0 aliphatic heterocycles. The summed E-state index contributed by atoms with van der Waals surface area (Å²) in [6.07, 6.45) is 0. The van der Waals surface area contributed by atoms with Gasteiger partial charge < -0.3 is 10.7 Å². The van der Waals surface area contributed by atoms with Gasteiger partial charge in [-0.1, -0.05) is 11.6 Å². The third kappa shape index (κ3) is 3.26. The number of hydrogen-bond donors (Lipinski definition) is 3. The van der Waals surface area contributed by atoms with Gasteiger partial charge in [0.15, 0.2) is 11.6 Å². The molecule has 4 N–H and O–H groups in total. The topological polar surface area (TPSA) is 67.1 Å². The fourth-order valence-corrected chi connectivity index (χ4v) is 1.84. The maximum absolute atomic E-state index is 13.5. The van der Waals surface area contributed by atoms with E-state index in [4.69, 9.17) is 17.4 Å². The van der Waals surface area contributed by atoms with E-state index < -0.39 is 29.0 Å². The van der Waals surface area contributed by atoms with Crippen molar-refractivity contribution in [3.05, 3.63) is 58.4 Å². The lowest BCUT2D eigenvalue weighted by Crippen LogP contribution is -2.18. The van der Waals surface area contributed by atoms with E-state index in [1.807, 2.05) is 0 Å². The molecule has 0 unspecified atom stereocenters. The Hall–Kier alpha value is -2.25. The Morgan fingerprint density at radius 2 is 1.81 bits per heavy atom. The van der Waals surface area contributed by atoms with Gasteiger partial charge in [-0.25, -0.2) is 13.2 Å². The summed E-state index contributed by atoms with van der Waals surface area (Å²) < 4.78 is 39.6. The third-order valence-electron chi connectivity index (χ3n) is 2.62. The monoisotopic (exact) mass is 315 g/mol. The van der Waals surface area contributed by atoms with Crippen molar-refractivity contribution in [3.63, 3.8) is 0 Å². The number of amides is 1. The van der Waals surface area contributed by atoms with Crippen LogP contribution in [0, 0.1) is 17.5 Å². The number of hydrazine groups is 1. The lowest BCUT2D eigenvalue weighted by molar-refractivity contribution is 0.102. The standard InChI is InChI=1S/C13H9ClF3N3O/c14-6-1-2-10(20-18)8(3-6)13(21)19-11-5-7(15)4-9(16)12(11)17/h1-5,20H,18H2,(H,19,21). The number of nitrogen functional groups attached to an aromatic ring is 1. The SMILES string of the molecule is NNc1ccc(Cl)cc1C(=O)Nc1cc(F)cc(F)c1F. The Morgan fingerprint density at radius 3 is 2.48 bits per heavy atom. The van der Waals surface area contributed by atoms with Crippen LogP contribution in [0.25, 0.3) is 0 Å². The van der Waals surface area contributed by atoms with Crippen molar-refractivity contribution >= 4 is 28.9 Å². The maximum atomic E-state index is 13.5. The van der Waals surface area contributed by atoms with Gasteiger partial charge in [0.2, 0.25) is 0 Å². The minimum atomic E-state index is -1.41. The van der Waals surface area contributed by atoms with Gasteiger partial charge in [-0.05, 0) is 18.2 Å². The average molecular weight is 316 g/mol. The Balaban J connectivity index is 2.37. The van der Waals surface area contributed by atoms with Gasteiger partial charge in [-0.2, -0.15) is 0 Å². The molecule has 0 fully saturated rings. The van der Waals surface area contributed by atoms with Gasteiger partial charge in [0, 0.05) is 17.2 Å². The molecule has 2 rings (SSSR count). The Labute approximate surface area is 122 Å². The molecule has 2 aromatic rings. The number of nitrogens with two attached hydrogens (primary N) is 1. The summed E-state index contributed by atoms with van der Waals surface area (Å²) in [5.74, 6) is 0.622. The van der Waals surface area contributed by atoms with Crippen LogP contribution >= 0.6 is 11.6 Å². The first kappa shape index (κ1) is 15.1. The number of nitrogens with one attached hydrogen (secondary N) is 2. The summed E-state index contributed by atoms with van der Waals surface area (Å²) in [5.41, 5.74) is 1.85. The summed E-state index contributed by atoms with van der Waals surface area (Å²) in [6.45, 7) is 0. The molecule has 0 heterocycles. The number of rotatable bonds is 3. The Bertz CT molecular complexity index is 709. The fraction of sp³-hybridized carbons (Fsp3) is 0. The van der Waals surface area contributed by atoms with Gasteiger partial charge in [0.25, 0.3) is 5.91 Å². The molecule has 1 amide bonds. The predicted octanol–water partition coefficient (Wildman–Crippen LogP) is 3.30. The second-order valence-electron chi connectivity index (χ2n) is 4.04. The van der Waals surface area contributed by atoms with E-state index in [0.29, 0.717) is 12.1 Å². The molecule has 0 aromatic heterocycles. The highest BCUT2D eigenvalue weighted by Gasteiger charge is 2.17. The van der Waals surface area contributed by atoms with Gasteiger partial charge >= 0.3 is 0 Å². The van der Waals surface area contributed by atoms with Crippen LogP contribution in [0.2, 0.25) is 5.02 Å². The highest BCUT2D eigenvalue weighted by Crippen LogP contribution is 2.23. The molecular formula is C13H9ClF3N3O. The zero-order valence-corrected chi connectivity index (χ0v) is 11.1. The van der Waals surface area contributed by atoms with Crippen molar-refractivity contribution in [2.75, 3.05) is 10.7 Å². The molecule has 0 radical (unpaired) electrons. The van der Waals surface area contributed by atoms with E-state index >= 15 is 0 Å². The van der Waals surface area contributed by atoms with Crippen LogP contribution in [0.1, 0.15) is 10.4 Å². The quantitative estimate of drug-likeness (QED) is 0.462. The molecule has 110 valence electrons. The van der Waals surface area contributed by atoms with Crippen LogP contribution in [0.15, 0.2) is 30.3 Å². The molecule has 0 bridgehead atoms. The number of anilines is 2. The summed E-state index contributed by atoms with van der Waals surface area (Å²) in [7, 11) is 0. The van der Waals surface area contributed by atoms with E-state index in [9.17, 15) is 18.0 Å². The van der Waals surface area contributed by atoms with E-state index in [0.717, 1.165) is 0 Å². The molecular weight excluding hydrogens is 307 g/mol. The van der Waals surface area contributed by atoms with Crippen LogP contribution in [0.3, 0.4) is 0 Å². The summed E-state index contributed by atoms with van der Waals surface area (Å²) in [6, 6.07) is 5.23. The van der Waals surface area contributed by atoms with Gasteiger partial charge in [0.05, 0.1) is 16.9 Å². The van der Waals surface area contributed by atoms with Gasteiger partial charge in [0.1, 0.15) is 5.82 Å². The van der Waals surface area contributed by atoms with Crippen molar-refractivity contribution in [1.82, 2.24) is 0 Å². The molecule has 2 aromatic carbocycles. The smallest absolute Gasteiger partial charge is 0.257 e. The second kappa shape index (κ2) is 6.02. The second-order valence-corrected chi connectivity index (χ2v) is 4.47. The van der Waals surface area contributed by atoms with E-state index in [-0.39, 0.29) is 16.3 Å². The van der Waals surface area contributed by atoms with E-state index in [1.165, 1.54) is 18.2 Å². The lowest BCUT2D eigenvalue weighted by Gasteiger charge is -2.11. The largest absolute Gasteiger partial charge is 0.323 e. The molecule has 0 aliphatic carbocycles. The number of carbonyl (C=O) groups is 1. The Kier molecular flexibility index (Phi) is 4.35. The minimum absolute atomic E-state index is 0.00549. The molecule has 4 nitrogen and oxygen atoms in total. The summed E-state index contributed by atoms with van der Waals surface area (Å²) in [4.78, 5) is 12.0. The molecule has 0 saturated heterocycles. The van der Waals surface area contributed by atoms with Crippen LogP contribution in [0.5, 0.6) is 0 Å². The molecule has 21 heavy (non-hydrogen) atoms. The summed E-state index contributed by atoms with van der Waals surface area (Å²) in [5, 5.41) is 2.30. The highest BCUT2D eigenvalue weighted by molar-refractivity contribution is 6.31. The van der Waals surface area contributed by atoms with E-state index in [1.54, 1.807) is 0 Å². The first-order chi connectivity index (χ1) is 9.92. The molecule has 0 spiro atoms. The third-order valence-corrected chi connectivity index (χ3v) is 2.86. The molecule has 0 aliphatic rings. The molecule has 8 heteroatoms. The normalized spacial score (nSPS) is 10.3. The van der Waals surface area contributed by atoms with Crippen LogP contribution in [-0.2, 0) is 0 Å². The number of carbonyl (C=O) groups excluding carboxylic acids is 1. The first-order valence-electron chi connectivity index (χ1n) is 5.64. The minimum Gasteiger partial charge on any atom is -0.323 e. The van der Waals surface area contributed by atoms with Crippen molar-refractivity contribution in [2.45, 2.75) is 0 Å². The molecule has 0 atom stereocenters. The average Bonchev–Trinajstić information content (AvgIpc) is 2.44. The lowest BCUT2D eigenvalue weighted by atomic mass is 10.1. The maximum Gasteiger partial charge on any atom is 0.257 e. The van der Waals surface area contributed by atoms with Crippen LogP contribution < -0.4 is 16.6 Å². The van der Waals surface area contributed by atoms with Crippen molar-refractivity contribution in [2.24, 2.45) is 5.84 Å². The van der Waals surface area contributed by atoms with Gasteiger partial charge in [-0.3, -0.25) is 10.6 Å². The zero-order chi connectivity index (χ0) is 15.6. The van der Waals surface area contributed by atoms with Crippen molar-refractivity contribution in [3.8, 4) is 0 Å². The van der Waals surface area contributed by atoms with Crippen molar-refractivity contribution < 1.29 is 18.0 Å². The van der Waals surface area contributed by atoms with Crippen molar-refractivity contribution in [1.29, 1.82) is 0 Å². The highest BCUT2D eigenvalue weighted by atomic mass is 35.5. The van der Waals surface area contributed by atoms with Crippen LogP contribution in [0.4, 0.5) is 24.5 Å². The first-order valence-corrected chi connectivity index (χ1v) is 6.02.